The van der Waals surface area contributed by atoms with Crippen LogP contribution in [-0.4, -0.2) is 11.0 Å². The van der Waals surface area contributed by atoms with Gasteiger partial charge in [-0.15, -0.1) is 0 Å². The van der Waals surface area contributed by atoms with Crippen molar-refractivity contribution in [2.24, 2.45) is 5.73 Å². The molecular formula is C16H20N4O. The Balaban J connectivity index is 2.01. The Hall–Kier alpha value is -2.40. The van der Waals surface area contributed by atoms with Crippen LogP contribution in [0.4, 0.5) is 16.2 Å². The average Bonchev–Trinajstić information content (AvgIpc) is 2.42. The van der Waals surface area contributed by atoms with Gasteiger partial charge in [-0.1, -0.05) is 12.1 Å². The van der Waals surface area contributed by atoms with Gasteiger partial charge in [0, 0.05) is 17.4 Å². The highest BCUT2D eigenvalue weighted by atomic mass is 16.2. The van der Waals surface area contributed by atoms with Gasteiger partial charge in [0.25, 0.3) is 0 Å². The van der Waals surface area contributed by atoms with Crippen LogP contribution in [0, 0.1) is 13.8 Å². The molecule has 0 spiro atoms. The van der Waals surface area contributed by atoms with Crippen molar-refractivity contribution < 1.29 is 4.79 Å². The molecule has 1 aromatic heterocycles. The zero-order chi connectivity index (χ0) is 15.4. The number of hydrogen-bond donors (Lipinski definition) is 3. The first-order chi connectivity index (χ1) is 9.95. The quantitative estimate of drug-likeness (QED) is 0.808. The number of nitrogens with two attached hydrogens (primary N) is 1. The monoisotopic (exact) mass is 284 g/mol. The molecular weight excluding hydrogens is 264 g/mol. The summed E-state index contributed by atoms with van der Waals surface area (Å²) in [7, 11) is 0. The highest BCUT2D eigenvalue weighted by Gasteiger charge is 2.06. The molecule has 0 aliphatic heterocycles. The molecule has 1 aromatic carbocycles. The zero-order valence-corrected chi connectivity index (χ0v) is 12.5. The summed E-state index contributed by atoms with van der Waals surface area (Å²) in [4.78, 5) is 16.3. The van der Waals surface area contributed by atoms with Crippen molar-refractivity contribution in [2.45, 2.75) is 26.8 Å². The number of nitrogens with zero attached hydrogens (tertiary/aromatic N) is 1. The van der Waals surface area contributed by atoms with E-state index in [9.17, 15) is 4.79 Å². The van der Waals surface area contributed by atoms with Crippen molar-refractivity contribution in [3.8, 4) is 0 Å². The van der Waals surface area contributed by atoms with E-state index in [4.69, 9.17) is 5.73 Å². The van der Waals surface area contributed by atoms with Crippen molar-refractivity contribution >= 4 is 17.4 Å². The highest BCUT2D eigenvalue weighted by molar-refractivity contribution is 6.00. The summed E-state index contributed by atoms with van der Waals surface area (Å²) < 4.78 is 0. The first-order valence-corrected chi connectivity index (χ1v) is 6.83. The number of pyridine rings is 1. The molecule has 1 unspecified atom stereocenters. The van der Waals surface area contributed by atoms with Gasteiger partial charge in [0.15, 0.2) is 0 Å². The van der Waals surface area contributed by atoms with Crippen LogP contribution < -0.4 is 16.4 Å². The molecule has 110 valence electrons. The largest absolute Gasteiger partial charge is 0.324 e. The maximum atomic E-state index is 12.0. The number of amides is 2. The molecule has 5 nitrogen and oxygen atoms in total. The Kier molecular flexibility index (Phi) is 4.55. The summed E-state index contributed by atoms with van der Waals surface area (Å²) in [5.74, 6) is 0. The lowest BCUT2D eigenvalue weighted by atomic mass is 10.1. The second-order valence-corrected chi connectivity index (χ2v) is 5.08. The lowest BCUT2D eigenvalue weighted by Crippen LogP contribution is -2.20. The zero-order valence-electron chi connectivity index (χ0n) is 12.5. The number of urea groups is 1. The second kappa shape index (κ2) is 6.37. The van der Waals surface area contributed by atoms with Crippen LogP contribution in [-0.2, 0) is 0 Å². The number of carbonyl (C=O) groups is 1. The van der Waals surface area contributed by atoms with E-state index >= 15 is 0 Å². The fourth-order valence-corrected chi connectivity index (χ4v) is 1.97. The topological polar surface area (TPSA) is 80.0 Å². The average molecular weight is 284 g/mol. The van der Waals surface area contributed by atoms with E-state index in [1.165, 1.54) is 0 Å². The molecule has 2 amide bonds. The SMILES string of the molecule is Cc1ccc(NC(=O)Nc2ccc(C(C)N)cc2)c(C)n1. The van der Waals surface area contributed by atoms with Gasteiger partial charge < -0.3 is 16.4 Å². The minimum Gasteiger partial charge on any atom is -0.324 e. The maximum absolute atomic E-state index is 12.0. The standard InChI is InChI=1S/C16H20N4O/c1-10-4-9-15(12(3)18-10)20-16(21)19-14-7-5-13(6-8-14)11(2)17/h4-9,11H,17H2,1-3H3,(H2,19,20,21). The Bertz CT molecular complexity index is 635. The highest BCUT2D eigenvalue weighted by Crippen LogP contribution is 2.16. The maximum Gasteiger partial charge on any atom is 0.323 e. The molecule has 21 heavy (non-hydrogen) atoms. The van der Waals surface area contributed by atoms with Crippen molar-refractivity contribution in [2.75, 3.05) is 10.6 Å². The predicted molar refractivity (Wildman–Crippen MR) is 85.4 cm³/mol. The van der Waals surface area contributed by atoms with Crippen LogP contribution in [0.1, 0.15) is 29.9 Å². The molecule has 0 radical (unpaired) electrons. The van der Waals surface area contributed by atoms with E-state index in [2.05, 4.69) is 15.6 Å². The van der Waals surface area contributed by atoms with Gasteiger partial charge in [-0.25, -0.2) is 4.79 Å². The fraction of sp³-hybridized carbons (Fsp3) is 0.250. The number of carbonyl (C=O) groups excluding carboxylic acids is 1. The van der Waals surface area contributed by atoms with Gasteiger partial charge in [0.1, 0.15) is 0 Å². The van der Waals surface area contributed by atoms with Gasteiger partial charge in [0.2, 0.25) is 0 Å². The van der Waals surface area contributed by atoms with E-state index < -0.39 is 0 Å². The van der Waals surface area contributed by atoms with Crippen LogP contribution in [0.3, 0.4) is 0 Å². The third-order valence-electron chi connectivity index (χ3n) is 3.17. The van der Waals surface area contributed by atoms with Crippen molar-refractivity contribution in [1.29, 1.82) is 0 Å². The van der Waals surface area contributed by atoms with Gasteiger partial charge >= 0.3 is 6.03 Å². The second-order valence-electron chi connectivity index (χ2n) is 5.08. The Morgan fingerprint density at radius 1 is 1.10 bits per heavy atom. The molecule has 0 aliphatic rings. The van der Waals surface area contributed by atoms with Crippen molar-refractivity contribution in [3.63, 3.8) is 0 Å². The first kappa shape index (κ1) is 15.0. The van der Waals surface area contributed by atoms with Gasteiger partial charge in [-0.2, -0.15) is 0 Å². The van der Waals surface area contributed by atoms with Gasteiger partial charge in [0.05, 0.1) is 11.4 Å². The number of aromatic nitrogens is 1. The molecule has 4 N–H and O–H groups in total. The fourth-order valence-electron chi connectivity index (χ4n) is 1.97. The van der Waals surface area contributed by atoms with Crippen LogP contribution in [0.25, 0.3) is 0 Å². The number of hydrogen-bond acceptors (Lipinski definition) is 3. The summed E-state index contributed by atoms with van der Waals surface area (Å²) in [6.07, 6.45) is 0. The molecule has 0 bridgehead atoms. The van der Waals surface area contributed by atoms with Crippen molar-refractivity contribution in [3.05, 3.63) is 53.3 Å². The van der Waals surface area contributed by atoms with Crippen LogP contribution >= 0.6 is 0 Å². The van der Waals surface area contributed by atoms with Gasteiger partial charge in [-0.05, 0) is 50.6 Å². The smallest absolute Gasteiger partial charge is 0.323 e. The number of benzene rings is 1. The molecule has 0 aliphatic carbocycles. The number of nitrogens with one attached hydrogen (secondary N) is 2. The molecule has 0 saturated carbocycles. The van der Waals surface area contributed by atoms with E-state index in [0.29, 0.717) is 5.69 Å². The number of anilines is 2. The predicted octanol–water partition coefficient (Wildman–Crippen LogP) is 3.36. The summed E-state index contributed by atoms with van der Waals surface area (Å²) in [6, 6.07) is 10.9. The Morgan fingerprint density at radius 2 is 1.76 bits per heavy atom. The van der Waals surface area contributed by atoms with Crippen molar-refractivity contribution in [1.82, 2.24) is 4.98 Å². The van der Waals surface area contributed by atoms with E-state index in [1.54, 1.807) is 0 Å². The van der Waals surface area contributed by atoms with Crippen LogP contribution in [0.15, 0.2) is 36.4 Å². The van der Waals surface area contributed by atoms with E-state index in [-0.39, 0.29) is 12.1 Å². The van der Waals surface area contributed by atoms with Crippen LogP contribution in [0.2, 0.25) is 0 Å². The molecule has 1 atom stereocenters. The molecule has 0 fully saturated rings. The third-order valence-corrected chi connectivity index (χ3v) is 3.17. The Morgan fingerprint density at radius 3 is 2.33 bits per heavy atom. The number of aryl methyl sites for hydroxylation is 2. The third kappa shape index (κ3) is 4.03. The molecule has 0 saturated heterocycles. The summed E-state index contributed by atoms with van der Waals surface area (Å²) in [6.45, 7) is 5.69. The molecule has 2 aromatic rings. The molecule has 1 heterocycles. The summed E-state index contributed by atoms with van der Waals surface area (Å²) in [5, 5.41) is 5.57. The summed E-state index contributed by atoms with van der Waals surface area (Å²) in [5.41, 5.74) is 9.94. The van der Waals surface area contributed by atoms with E-state index in [1.807, 2.05) is 57.2 Å². The minimum absolute atomic E-state index is 0.0193. The number of rotatable bonds is 3. The van der Waals surface area contributed by atoms with Crippen LogP contribution in [0.5, 0.6) is 0 Å². The lowest BCUT2D eigenvalue weighted by molar-refractivity contribution is 0.262. The molecule has 2 rings (SSSR count). The minimum atomic E-state index is -0.294. The normalized spacial score (nSPS) is 11.8. The summed E-state index contributed by atoms with van der Waals surface area (Å²) >= 11 is 0. The Labute approximate surface area is 124 Å². The molecule has 5 heteroatoms. The van der Waals surface area contributed by atoms with Gasteiger partial charge in [-0.3, -0.25) is 4.98 Å². The lowest BCUT2D eigenvalue weighted by Gasteiger charge is -2.11. The first-order valence-electron chi connectivity index (χ1n) is 6.83. The van der Waals surface area contributed by atoms with E-state index in [0.717, 1.165) is 22.6 Å².